The minimum Gasteiger partial charge on any atom is -0.339 e. The quantitative estimate of drug-likeness (QED) is 0.814. The lowest BCUT2D eigenvalue weighted by atomic mass is 10.1. The maximum absolute atomic E-state index is 5.59. The smallest absolute Gasteiger partial charge is 0.227 e. The second-order valence-corrected chi connectivity index (χ2v) is 4.64. The largest absolute Gasteiger partial charge is 0.339 e. The third-order valence-electron chi connectivity index (χ3n) is 2.09. The van der Waals surface area contributed by atoms with Crippen LogP contribution in [-0.2, 0) is 12.8 Å². The molecule has 1 heterocycles. The highest BCUT2D eigenvalue weighted by Crippen LogP contribution is 2.13. The van der Waals surface area contributed by atoms with Crippen molar-refractivity contribution in [3.8, 4) is 0 Å². The lowest BCUT2D eigenvalue weighted by Gasteiger charge is -1.96. The Hall–Kier alpha value is -0.870. The average Bonchev–Trinajstić information content (AvgIpc) is 2.70. The van der Waals surface area contributed by atoms with Crippen LogP contribution in [0.2, 0.25) is 0 Å². The Morgan fingerprint density at radius 2 is 2.00 bits per heavy atom. The van der Waals surface area contributed by atoms with Crippen LogP contribution in [-0.4, -0.2) is 16.0 Å². The number of aromatic nitrogens is 2. The normalized spacial score (nSPS) is 10.6. The van der Waals surface area contributed by atoms with Gasteiger partial charge in [-0.2, -0.15) is 4.98 Å². The van der Waals surface area contributed by atoms with Crippen molar-refractivity contribution >= 4 is 27.5 Å². The van der Waals surface area contributed by atoms with E-state index in [2.05, 4.69) is 26.1 Å². The van der Waals surface area contributed by atoms with Gasteiger partial charge in [0.05, 0.1) is 0 Å². The first kappa shape index (κ1) is 11.6. The van der Waals surface area contributed by atoms with Gasteiger partial charge in [0.15, 0.2) is 5.82 Å². The molecule has 0 radical (unpaired) electrons. The van der Waals surface area contributed by atoms with Gasteiger partial charge in [-0.05, 0) is 17.7 Å². The van der Waals surface area contributed by atoms with E-state index in [4.69, 9.17) is 16.1 Å². The summed E-state index contributed by atoms with van der Waals surface area (Å²) in [5.74, 6) is 1.80. The van der Waals surface area contributed by atoms with E-state index in [0.717, 1.165) is 10.0 Å². The van der Waals surface area contributed by atoms with Crippen LogP contribution in [0.5, 0.6) is 0 Å². The van der Waals surface area contributed by atoms with E-state index in [0.29, 0.717) is 30.4 Å². The SMILES string of the molecule is ClCCc1nc(Cc2ccc(Br)cc2)no1. The summed E-state index contributed by atoms with van der Waals surface area (Å²) in [6, 6.07) is 8.05. The Morgan fingerprint density at radius 1 is 1.25 bits per heavy atom. The predicted octanol–water partition coefficient (Wildman–Crippen LogP) is 3.20. The van der Waals surface area contributed by atoms with Crippen molar-refractivity contribution < 1.29 is 4.52 Å². The molecule has 0 unspecified atom stereocenters. The van der Waals surface area contributed by atoms with Crippen molar-refractivity contribution in [2.24, 2.45) is 0 Å². The first-order valence-corrected chi connectivity index (χ1v) is 6.22. The van der Waals surface area contributed by atoms with Gasteiger partial charge in [0.1, 0.15) is 0 Å². The molecule has 0 spiro atoms. The summed E-state index contributed by atoms with van der Waals surface area (Å²) in [5, 5.41) is 3.90. The van der Waals surface area contributed by atoms with E-state index in [-0.39, 0.29) is 0 Å². The van der Waals surface area contributed by atoms with E-state index in [9.17, 15) is 0 Å². The number of nitrogens with zero attached hydrogens (tertiary/aromatic N) is 2. The maximum atomic E-state index is 5.59. The van der Waals surface area contributed by atoms with Gasteiger partial charge >= 0.3 is 0 Å². The van der Waals surface area contributed by atoms with Gasteiger partial charge in [0.2, 0.25) is 5.89 Å². The second-order valence-electron chi connectivity index (χ2n) is 3.35. The van der Waals surface area contributed by atoms with Crippen molar-refractivity contribution in [3.63, 3.8) is 0 Å². The van der Waals surface area contributed by atoms with Crippen LogP contribution < -0.4 is 0 Å². The summed E-state index contributed by atoms with van der Waals surface area (Å²) in [4.78, 5) is 4.24. The lowest BCUT2D eigenvalue weighted by molar-refractivity contribution is 0.378. The van der Waals surface area contributed by atoms with Crippen molar-refractivity contribution in [2.45, 2.75) is 12.8 Å². The molecule has 84 valence electrons. The number of hydrogen-bond donors (Lipinski definition) is 0. The van der Waals surface area contributed by atoms with Gasteiger partial charge in [-0.3, -0.25) is 0 Å². The van der Waals surface area contributed by atoms with Crippen LogP contribution in [0.1, 0.15) is 17.3 Å². The Labute approximate surface area is 107 Å². The highest BCUT2D eigenvalue weighted by Gasteiger charge is 2.06. The molecule has 0 bridgehead atoms. The zero-order valence-corrected chi connectivity index (χ0v) is 10.8. The zero-order valence-electron chi connectivity index (χ0n) is 8.49. The number of halogens is 2. The molecule has 5 heteroatoms. The van der Waals surface area contributed by atoms with Crippen LogP contribution in [0.15, 0.2) is 33.3 Å². The van der Waals surface area contributed by atoms with Crippen molar-refractivity contribution in [1.29, 1.82) is 0 Å². The van der Waals surface area contributed by atoms with Gasteiger partial charge in [-0.25, -0.2) is 0 Å². The standard InChI is InChI=1S/C11H10BrClN2O/c12-9-3-1-8(2-4-9)7-10-14-11(5-6-13)16-15-10/h1-4H,5-7H2. The van der Waals surface area contributed by atoms with Gasteiger partial charge in [0.25, 0.3) is 0 Å². The van der Waals surface area contributed by atoms with Crippen LogP contribution in [0.4, 0.5) is 0 Å². The number of hydrogen-bond acceptors (Lipinski definition) is 3. The van der Waals surface area contributed by atoms with Gasteiger partial charge in [0, 0.05) is 23.2 Å². The van der Waals surface area contributed by atoms with Gasteiger partial charge < -0.3 is 4.52 Å². The molecular formula is C11H10BrClN2O. The summed E-state index contributed by atoms with van der Waals surface area (Å²) in [7, 11) is 0. The molecule has 1 aromatic heterocycles. The first-order valence-electron chi connectivity index (χ1n) is 4.90. The maximum Gasteiger partial charge on any atom is 0.227 e. The van der Waals surface area contributed by atoms with E-state index in [1.165, 1.54) is 0 Å². The molecule has 0 N–H and O–H groups in total. The molecule has 1 aromatic carbocycles. The zero-order chi connectivity index (χ0) is 11.4. The van der Waals surface area contributed by atoms with E-state index >= 15 is 0 Å². The third kappa shape index (κ3) is 3.06. The summed E-state index contributed by atoms with van der Waals surface area (Å²) in [6.07, 6.45) is 1.30. The van der Waals surface area contributed by atoms with Crippen LogP contribution in [0.3, 0.4) is 0 Å². The highest BCUT2D eigenvalue weighted by molar-refractivity contribution is 9.10. The molecule has 0 aliphatic rings. The Bertz CT molecular complexity index is 455. The van der Waals surface area contributed by atoms with Crippen molar-refractivity contribution in [2.75, 3.05) is 5.88 Å². The Kier molecular flexibility index (Phi) is 3.96. The molecule has 0 aliphatic heterocycles. The fraction of sp³-hybridized carbons (Fsp3) is 0.273. The molecule has 0 amide bonds. The van der Waals surface area contributed by atoms with Crippen molar-refractivity contribution in [1.82, 2.24) is 10.1 Å². The molecular weight excluding hydrogens is 291 g/mol. The van der Waals surface area contributed by atoms with Crippen LogP contribution >= 0.6 is 27.5 Å². The third-order valence-corrected chi connectivity index (χ3v) is 2.81. The molecule has 0 aliphatic carbocycles. The van der Waals surface area contributed by atoms with E-state index in [1.54, 1.807) is 0 Å². The number of aryl methyl sites for hydroxylation is 1. The Morgan fingerprint density at radius 3 is 2.69 bits per heavy atom. The molecule has 3 nitrogen and oxygen atoms in total. The molecule has 0 fully saturated rings. The Balaban J connectivity index is 2.05. The summed E-state index contributed by atoms with van der Waals surface area (Å²) in [5.41, 5.74) is 1.15. The lowest BCUT2D eigenvalue weighted by Crippen LogP contribution is -1.91. The molecule has 2 rings (SSSR count). The molecule has 0 saturated heterocycles. The minimum absolute atomic E-state index is 0.500. The predicted molar refractivity (Wildman–Crippen MR) is 65.7 cm³/mol. The fourth-order valence-corrected chi connectivity index (χ4v) is 1.76. The van der Waals surface area contributed by atoms with E-state index < -0.39 is 0 Å². The van der Waals surface area contributed by atoms with E-state index in [1.807, 2.05) is 24.3 Å². The minimum atomic E-state index is 0.500. The molecule has 0 saturated carbocycles. The highest BCUT2D eigenvalue weighted by atomic mass is 79.9. The number of benzene rings is 1. The summed E-state index contributed by atoms with van der Waals surface area (Å²) >= 11 is 8.98. The van der Waals surface area contributed by atoms with Gasteiger partial charge in [-0.15, -0.1) is 11.6 Å². The first-order chi connectivity index (χ1) is 7.78. The van der Waals surface area contributed by atoms with Crippen LogP contribution in [0.25, 0.3) is 0 Å². The van der Waals surface area contributed by atoms with Gasteiger partial charge in [-0.1, -0.05) is 33.2 Å². The molecule has 16 heavy (non-hydrogen) atoms. The topological polar surface area (TPSA) is 38.9 Å². The van der Waals surface area contributed by atoms with Crippen molar-refractivity contribution in [3.05, 3.63) is 46.0 Å². The average molecular weight is 302 g/mol. The summed E-state index contributed by atoms with van der Waals surface area (Å²) in [6.45, 7) is 0. The monoisotopic (exact) mass is 300 g/mol. The summed E-state index contributed by atoms with van der Waals surface area (Å²) < 4.78 is 6.11. The number of alkyl halides is 1. The fourth-order valence-electron chi connectivity index (χ4n) is 1.33. The molecule has 0 atom stereocenters. The second kappa shape index (κ2) is 5.46. The van der Waals surface area contributed by atoms with Crippen LogP contribution in [0, 0.1) is 0 Å². The number of rotatable bonds is 4. The molecule has 2 aromatic rings.